The van der Waals surface area contributed by atoms with Crippen molar-refractivity contribution in [1.29, 1.82) is 0 Å². The zero-order chi connectivity index (χ0) is 13.1. The maximum atomic E-state index is 11.2. The van der Waals surface area contributed by atoms with E-state index in [1.54, 1.807) is 12.1 Å². The predicted octanol–water partition coefficient (Wildman–Crippen LogP) is 0.260. The van der Waals surface area contributed by atoms with Gasteiger partial charge in [-0.05, 0) is 17.7 Å². The minimum Gasteiger partial charge on any atom is -0.394 e. The molecule has 17 heavy (non-hydrogen) atoms. The van der Waals surface area contributed by atoms with Crippen molar-refractivity contribution < 1.29 is 18.3 Å². The van der Waals surface area contributed by atoms with Crippen molar-refractivity contribution in [2.75, 3.05) is 12.9 Å². The van der Waals surface area contributed by atoms with Crippen LogP contribution in [0.15, 0.2) is 29.2 Å². The lowest BCUT2D eigenvalue weighted by molar-refractivity contribution is -0.120. The number of carbonyl (C=O) groups excluding carboxylic acids is 1. The molecule has 0 aliphatic carbocycles. The molecular weight excluding hydrogens is 242 g/mol. The molecule has 1 atom stereocenters. The largest absolute Gasteiger partial charge is 0.394 e. The summed E-state index contributed by atoms with van der Waals surface area (Å²) >= 11 is 0. The molecule has 1 rings (SSSR count). The summed E-state index contributed by atoms with van der Waals surface area (Å²) in [6.07, 6.45) is 1.12. The van der Waals surface area contributed by atoms with Crippen LogP contribution in [-0.2, 0) is 14.6 Å². The molecule has 94 valence electrons. The smallest absolute Gasteiger partial charge is 0.217 e. The van der Waals surface area contributed by atoms with E-state index in [2.05, 4.69) is 5.32 Å². The van der Waals surface area contributed by atoms with Gasteiger partial charge in [-0.1, -0.05) is 12.1 Å². The first-order valence-electron chi connectivity index (χ1n) is 5.02. The summed E-state index contributed by atoms with van der Waals surface area (Å²) in [6.45, 7) is 1.12. The fourth-order valence-corrected chi connectivity index (χ4v) is 2.06. The lowest BCUT2D eigenvalue weighted by atomic mass is 10.1. The SMILES string of the molecule is CC(=O)NC(CO)c1ccc(S(C)(=O)=O)cc1. The number of aliphatic hydroxyl groups excluding tert-OH is 1. The third-order valence-electron chi connectivity index (χ3n) is 2.27. The van der Waals surface area contributed by atoms with Gasteiger partial charge in [0.15, 0.2) is 9.84 Å². The van der Waals surface area contributed by atoms with Gasteiger partial charge in [-0.15, -0.1) is 0 Å². The summed E-state index contributed by atoms with van der Waals surface area (Å²) in [7, 11) is -3.22. The number of carbonyl (C=O) groups is 1. The second kappa shape index (κ2) is 5.29. The maximum absolute atomic E-state index is 11.2. The van der Waals surface area contributed by atoms with Gasteiger partial charge >= 0.3 is 0 Å². The highest BCUT2D eigenvalue weighted by Gasteiger charge is 2.13. The van der Waals surface area contributed by atoms with Crippen LogP contribution in [0.5, 0.6) is 0 Å². The molecule has 6 heteroatoms. The van der Waals surface area contributed by atoms with Crippen molar-refractivity contribution >= 4 is 15.7 Å². The van der Waals surface area contributed by atoms with Gasteiger partial charge < -0.3 is 10.4 Å². The summed E-state index contributed by atoms with van der Waals surface area (Å²) in [5.74, 6) is -0.253. The van der Waals surface area contributed by atoms with Crippen LogP contribution in [0.25, 0.3) is 0 Å². The van der Waals surface area contributed by atoms with Gasteiger partial charge in [-0.25, -0.2) is 8.42 Å². The Morgan fingerprint density at radius 3 is 2.24 bits per heavy atom. The first-order valence-corrected chi connectivity index (χ1v) is 6.91. The molecule has 0 fully saturated rings. The van der Waals surface area contributed by atoms with E-state index in [9.17, 15) is 13.2 Å². The van der Waals surface area contributed by atoms with E-state index >= 15 is 0 Å². The average Bonchev–Trinajstić information content (AvgIpc) is 2.24. The highest BCUT2D eigenvalue weighted by atomic mass is 32.2. The van der Waals surface area contributed by atoms with Crippen molar-refractivity contribution in [3.05, 3.63) is 29.8 Å². The molecule has 0 aliphatic rings. The molecular formula is C11H15NO4S. The van der Waals surface area contributed by atoms with Crippen molar-refractivity contribution in [2.24, 2.45) is 0 Å². The Bertz CT molecular complexity index is 493. The highest BCUT2D eigenvalue weighted by Crippen LogP contribution is 2.16. The van der Waals surface area contributed by atoms with Crippen LogP contribution in [0.2, 0.25) is 0 Å². The number of aliphatic hydroxyl groups is 1. The number of benzene rings is 1. The van der Waals surface area contributed by atoms with Crippen LogP contribution in [-0.4, -0.2) is 32.3 Å². The minimum absolute atomic E-state index is 0.209. The lowest BCUT2D eigenvalue weighted by Gasteiger charge is -2.15. The zero-order valence-electron chi connectivity index (χ0n) is 9.67. The van der Waals surface area contributed by atoms with Crippen LogP contribution in [0.1, 0.15) is 18.5 Å². The van der Waals surface area contributed by atoms with Gasteiger partial charge in [-0.3, -0.25) is 4.79 Å². The molecule has 0 radical (unpaired) electrons. The summed E-state index contributed by atoms with van der Waals surface area (Å²) in [4.78, 5) is 11.1. The molecule has 0 heterocycles. The molecule has 0 bridgehead atoms. The van der Waals surface area contributed by atoms with Crippen molar-refractivity contribution in [3.8, 4) is 0 Å². The Kier molecular flexibility index (Phi) is 4.25. The lowest BCUT2D eigenvalue weighted by Crippen LogP contribution is -2.28. The number of rotatable bonds is 4. The van der Waals surface area contributed by atoms with E-state index in [-0.39, 0.29) is 17.4 Å². The third kappa shape index (κ3) is 3.83. The first kappa shape index (κ1) is 13.7. The molecule has 0 aliphatic heterocycles. The van der Waals surface area contributed by atoms with Crippen LogP contribution in [0.4, 0.5) is 0 Å². The second-order valence-corrected chi connectivity index (χ2v) is 5.79. The van der Waals surface area contributed by atoms with Gasteiger partial charge in [0.1, 0.15) is 0 Å². The van der Waals surface area contributed by atoms with Crippen molar-refractivity contribution in [2.45, 2.75) is 17.9 Å². The van der Waals surface area contributed by atoms with Crippen LogP contribution in [0.3, 0.4) is 0 Å². The molecule has 0 aromatic heterocycles. The molecule has 1 aromatic rings. The molecule has 0 saturated heterocycles. The quantitative estimate of drug-likeness (QED) is 0.810. The average molecular weight is 257 g/mol. The fraction of sp³-hybridized carbons (Fsp3) is 0.364. The predicted molar refractivity (Wildman–Crippen MR) is 63.2 cm³/mol. The molecule has 1 aromatic carbocycles. The number of hydrogen-bond donors (Lipinski definition) is 2. The molecule has 0 saturated carbocycles. The molecule has 1 amide bonds. The Labute approximate surface area is 100 Å². The molecule has 0 spiro atoms. The van der Waals surface area contributed by atoms with Gasteiger partial charge in [0.25, 0.3) is 0 Å². The summed E-state index contributed by atoms with van der Waals surface area (Å²) in [5.41, 5.74) is 0.662. The van der Waals surface area contributed by atoms with Crippen molar-refractivity contribution in [1.82, 2.24) is 5.32 Å². The van der Waals surface area contributed by atoms with Crippen LogP contribution >= 0.6 is 0 Å². The number of amides is 1. The minimum atomic E-state index is -3.22. The topological polar surface area (TPSA) is 83.5 Å². The zero-order valence-corrected chi connectivity index (χ0v) is 10.5. The summed E-state index contributed by atoms with van der Waals surface area (Å²) < 4.78 is 22.5. The van der Waals surface area contributed by atoms with Crippen LogP contribution < -0.4 is 5.32 Å². The fourth-order valence-electron chi connectivity index (χ4n) is 1.43. The van der Waals surface area contributed by atoms with E-state index in [4.69, 9.17) is 5.11 Å². The monoisotopic (exact) mass is 257 g/mol. The number of nitrogens with one attached hydrogen (secondary N) is 1. The van der Waals surface area contributed by atoms with Gasteiger partial charge in [0, 0.05) is 13.2 Å². The van der Waals surface area contributed by atoms with Crippen molar-refractivity contribution in [3.63, 3.8) is 0 Å². The highest BCUT2D eigenvalue weighted by molar-refractivity contribution is 7.90. The second-order valence-electron chi connectivity index (χ2n) is 3.78. The van der Waals surface area contributed by atoms with E-state index in [0.29, 0.717) is 5.56 Å². The Balaban J connectivity index is 2.97. The number of hydrogen-bond acceptors (Lipinski definition) is 4. The molecule has 1 unspecified atom stereocenters. The van der Waals surface area contributed by atoms with Gasteiger partial charge in [0.2, 0.25) is 5.91 Å². The third-order valence-corrected chi connectivity index (χ3v) is 3.40. The Hall–Kier alpha value is -1.40. The number of sulfone groups is 1. The van der Waals surface area contributed by atoms with Gasteiger partial charge in [-0.2, -0.15) is 0 Å². The maximum Gasteiger partial charge on any atom is 0.217 e. The van der Waals surface area contributed by atoms with E-state index in [0.717, 1.165) is 6.26 Å². The Morgan fingerprint density at radius 2 is 1.88 bits per heavy atom. The first-order chi connectivity index (χ1) is 7.84. The molecule has 2 N–H and O–H groups in total. The van der Waals surface area contributed by atoms with Crippen LogP contribution in [0, 0.1) is 0 Å². The van der Waals surface area contributed by atoms with E-state index in [1.807, 2.05) is 0 Å². The normalized spacial score (nSPS) is 13.1. The summed E-state index contributed by atoms with van der Waals surface area (Å²) in [5, 5.41) is 11.7. The van der Waals surface area contributed by atoms with E-state index < -0.39 is 15.9 Å². The summed E-state index contributed by atoms with van der Waals surface area (Å²) in [6, 6.07) is 5.55. The Morgan fingerprint density at radius 1 is 1.35 bits per heavy atom. The molecule has 5 nitrogen and oxygen atoms in total. The van der Waals surface area contributed by atoms with Gasteiger partial charge in [0.05, 0.1) is 17.5 Å². The van der Waals surface area contributed by atoms with E-state index in [1.165, 1.54) is 19.1 Å². The standard InChI is InChI=1S/C11H15NO4S/c1-8(14)12-11(7-13)9-3-5-10(6-4-9)17(2,15)16/h3-6,11,13H,7H2,1-2H3,(H,12,14).